The van der Waals surface area contributed by atoms with E-state index in [1.165, 1.54) is 5.56 Å². The van der Waals surface area contributed by atoms with Crippen LogP contribution in [0.1, 0.15) is 22.7 Å². The van der Waals surface area contributed by atoms with Crippen molar-refractivity contribution in [1.29, 1.82) is 0 Å². The predicted octanol–water partition coefficient (Wildman–Crippen LogP) is 5.37. The zero-order valence-corrected chi connectivity index (χ0v) is 13.8. The van der Waals surface area contributed by atoms with E-state index in [0.29, 0.717) is 10.0 Å². The van der Waals surface area contributed by atoms with E-state index in [-0.39, 0.29) is 6.04 Å². The van der Waals surface area contributed by atoms with E-state index in [4.69, 9.17) is 23.2 Å². The van der Waals surface area contributed by atoms with E-state index >= 15 is 0 Å². The third kappa shape index (κ3) is 3.14. The summed E-state index contributed by atoms with van der Waals surface area (Å²) in [7, 11) is 1.91. The average Bonchev–Trinajstić information content (AvgIpc) is 2.39. The van der Waals surface area contributed by atoms with Gasteiger partial charge in [0, 0.05) is 4.47 Å². The van der Waals surface area contributed by atoms with E-state index in [2.05, 4.69) is 46.4 Å². The Kier molecular flexibility index (Phi) is 4.91. The van der Waals surface area contributed by atoms with E-state index in [9.17, 15) is 0 Å². The lowest BCUT2D eigenvalue weighted by atomic mass is 9.98. The summed E-state index contributed by atoms with van der Waals surface area (Å²) in [4.78, 5) is 0. The van der Waals surface area contributed by atoms with Crippen molar-refractivity contribution in [2.45, 2.75) is 13.0 Å². The van der Waals surface area contributed by atoms with Gasteiger partial charge < -0.3 is 5.32 Å². The first kappa shape index (κ1) is 14.9. The van der Waals surface area contributed by atoms with Gasteiger partial charge in [-0.15, -0.1) is 0 Å². The molecular formula is C15H14BrCl2N. The van der Waals surface area contributed by atoms with Crippen LogP contribution >= 0.6 is 39.1 Å². The lowest BCUT2D eigenvalue weighted by Gasteiger charge is -2.19. The van der Waals surface area contributed by atoms with E-state index < -0.39 is 0 Å². The molecule has 0 aliphatic heterocycles. The highest BCUT2D eigenvalue weighted by Gasteiger charge is 2.17. The molecule has 0 aromatic heterocycles. The summed E-state index contributed by atoms with van der Waals surface area (Å²) in [5, 5.41) is 4.46. The number of hydrogen-bond donors (Lipinski definition) is 1. The minimum atomic E-state index is 0.0168. The van der Waals surface area contributed by atoms with E-state index in [1.54, 1.807) is 6.07 Å². The van der Waals surface area contributed by atoms with Crippen molar-refractivity contribution in [2.24, 2.45) is 0 Å². The monoisotopic (exact) mass is 357 g/mol. The van der Waals surface area contributed by atoms with Gasteiger partial charge >= 0.3 is 0 Å². The number of halogens is 3. The van der Waals surface area contributed by atoms with Crippen LogP contribution in [0.2, 0.25) is 10.0 Å². The highest BCUT2D eigenvalue weighted by molar-refractivity contribution is 9.10. The normalized spacial score (nSPS) is 12.5. The first-order chi connectivity index (χ1) is 9.04. The number of hydrogen-bond acceptors (Lipinski definition) is 1. The number of nitrogens with one attached hydrogen (secondary N) is 1. The Balaban J connectivity index is 2.50. The van der Waals surface area contributed by atoms with Crippen LogP contribution in [0.25, 0.3) is 0 Å². The summed E-state index contributed by atoms with van der Waals surface area (Å²) < 4.78 is 1.09. The summed E-state index contributed by atoms with van der Waals surface area (Å²) in [6.07, 6.45) is 0. The molecule has 0 fully saturated rings. The molecule has 1 N–H and O–H groups in total. The van der Waals surface area contributed by atoms with Crippen LogP contribution in [-0.4, -0.2) is 7.05 Å². The summed E-state index contributed by atoms with van der Waals surface area (Å²) >= 11 is 16.0. The summed E-state index contributed by atoms with van der Waals surface area (Å²) in [5.41, 5.74) is 3.33. The van der Waals surface area contributed by atoms with Crippen molar-refractivity contribution in [1.82, 2.24) is 5.32 Å². The van der Waals surface area contributed by atoms with Crippen molar-refractivity contribution >= 4 is 39.1 Å². The van der Waals surface area contributed by atoms with Crippen LogP contribution in [0, 0.1) is 6.92 Å². The average molecular weight is 359 g/mol. The third-order valence-corrected chi connectivity index (χ3v) is 4.80. The maximum atomic E-state index is 6.30. The molecule has 100 valence electrons. The summed E-state index contributed by atoms with van der Waals surface area (Å²) in [6.45, 7) is 2.06. The molecule has 0 saturated carbocycles. The van der Waals surface area contributed by atoms with Gasteiger partial charge in [0.25, 0.3) is 0 Å². The van der Waals surface area contributed by atoms with Gasteiger partial charge in [-0.1, -0.05) is 63.4 Å². The second-order valence-corrected chi connectivity index (χ2v) is 6.01. The second kappa shape index (κ2) is 6.27. The van der Waals surface area contributed by atoms with Crippen molar-refractivity contribution in [3.63, 3.8) is 0 Å². The highest BCUT2D eigenvalue weighted by Crippen LogP contribution is 2.34. The van der Waals surface area contributed by atoms with Gasteiger partial charge in [-0.2, -0.15) is 0 Å². The molecule has 0 saturated heterocycles. The maximum absolute atomic E-state index is 6.30. The van der Waals surface area contributed by atoms with Crippen LogP contribution < -0.4 is 5.32 Å². The van der Waals surface area contributed by atoms with Gasteiger partial charge in [-0.05, 0) is 42.8 Å². The minimum absolute atomic E-state index is 0.0168. The molecule has 1 unspecified atom stereocenters. The molecular weight excluding hydrogens is 345 g/mol. The first-order valence-corrected chi connectivity index (χ1v) is 7.46. The smallest absolute Gasteiger partial charge is 0.0643 e. The Morgan fingerprint density at radius 2 is 1.89 bits per heavy atom. The second-order valence-electron chi connectivity index (χ2n) is 4.37. The SMILES string of the molecule is CNC(c1ccc(C)c(Br)c1)c1cccc(Cl)c1Cl. The molecule has 2 rings (SSSR count). The fourth-order valence-corrected chi connectivity index (χ4v) is 2.85. The number of rotatable bonds is 3. The topological polar surface area (TPSA) is 12.0 Å². The summed E-state index contributed by atoms with van der Waals surface area (Å²) in [5.74, 6) is 0. The molecule has 0 bridgehead atoms. The molecule has 0 radical (unpaired) electrons. The Morgan fingerprint density at radius 3 is 2.53 bits per heavy atom. The van der Waals surface area contributed by atoms with Crippen LogP contribution in [0.15, 0.2) is 40.9 Å². The Hall–Kier alpha value is -0.540. The minimum Gasteiger partial charge on any atom is -0.309 e. The van der Waals surface area contributed by atoms with Gasteiger partial charge in [-0.3, -0.25) is 0 Å². The van der Waals surface area contributed by atoms with Crippen LogP contribution in [0.5, 0.6) is 0 Å². The Morgan fingerprint density at radius 1 is 1.16 bits per heavy atom. The lowest BCUT2D eigenvalue weighted by molar-refractivity contribution is 0.691. The Bertz CT molecular complexity index is 599. The summed E-state index contributed by atoms with van der Waals surface area (Å²) in [6, 6.07) is 12.0. The molecule has 1 nitrogen and oxygen atoms in total. The van der Waals surface area contributed by atoms with Gasteiger partial charge in [-0.25, -0.2) is 0 Å². The molecule has 2 aromatic rings. The van der Waals surface area contributed by atoms with Crippen molar-refractivity contribution in [3.8, 4) is 0 Å². The van der Waals surface area contributed by atoms with Gasteiger partial charge in [0.05, 0.1) is 16.1 Å². The third-order valence-electron chi connectivity index (χ3n) is 3.11. The van der Waals surface area contributed by atoms with Gasteiger partial charge in [0.15, 0.2) is 0 Å². The van der Waals surface area contributed by atoms with Crippen LogP contribution in [0.4, 0.5) is 0 Å². The molecule has 2 aromatic carbocycles. The largest absolute Gasteiger partial charge is 0.309 e. The zero-order chi connectivity index (χ0) is 14.0. The standard InChI is InChI=1S/C15H14BrCl2N/c1-9-6-7-10(8-12(9)16)15(19-2)11-4-3-5-13(17)14(11)18/h3-8,15,19H,1-2H3. The van der Waals surface area contributed by atoms with Crippen molar-refractivity contribution in [2.75, 3.05) is 7.05 Å². The molecule has 4 heteroatoms. The van der Waals surface area contributed by atoms with E-state index in [0.717, 1.165) is 15.6 Å². The Labute approximate surface area is 132 Å². The molecule has 0 spiro atoms. The maximum Gasteiger partial charge on any atom is 0.0643 e. The molecule has 0 amide bonds. The van der Waals surface area contributed by atoms with E-state index in [1.807, 2.05) is 19.2 Å². The molecule has 0 heterocycles. The fraction of sp³-hybridized carbons (Fsp3) is 0.200. The molecule has 1 atom stereocenters. The van der Waals surface area contributed by atoms with Crippen LogP contribution in [0.3, 0.4) is 0 Å². The van der Waals surface area contributed by atoms with Crippen molar-refractivity contribution < 1.29 is 0 Å². The van der Waals surface area contributed by atoms with Crippen LogP contribution in [-0.2, 0) is 0 Å². The lowest BCUT2D eigenvalue weighted by Crippen LogP contribution is -2.18. The zero-order valence-electron chi connectivity index (χ0n) is 10.7. The predicted molar refractivity (Wildman–Crippen MR) is 86.2 cm³/mol. The molecule has 0 aliphatic rings. The molecule has 19 heavy (non-hydrogen) atoms. The van der Waals surface area contributed by atoms with Gasteiger partial charge in [0.1, 0.15) is 0 Å². The number of benzene rings is 2. The fourth-order valence-electron chi connectivity index (χ4n) is 2.03. The first-order valence-electron chi connectivity index (χ1n) is 5.92. The molecule has 0 aliphatic carbocycles. The highest BCUT2D eigenvalue weighted by atomic mass is 79.9. The quantitative estimate of drug-likeness (QED) is 0.777. The van der Waals surface area contributed by atoms with Gasteiger partial charge in [0.2, 0.25) is 0 Å². The van der Waals surface area contributed by atoms with Crippen molar-refractivity contribution in [3.05, 3.63) is 67.6 Å². The number of aryl methyl sites for hydroxylation is 1.